The van der Waals surface area contributed by atoms with E-state index >= 15 is 0 Å². The number of alkyl halides is 3. The van der Waals surface area contributed by atoms with E-state index in [0.717, 1.165) is 41.4 Å². The fourth-order valence-electron chi connectivity index (χ4n) is 4.13. The van der Waals surface area contributed by atoms with E-state index in [2.05, 4.69) is 15.3 Å². The number of amides is 1. The first-order valence-corrected chi connectivity index (χ1v) is 12.1. The number of hydrogen-bond donors (Lipinski definition) is 3. The second kappa shape index (κ2) is 11.9. The monoisotopic (exact) mass is 531 g/mol. The molecule has 0 unspecified atom stereocenters. The van der Waals surface area contributed by atoms with Crippen molar-refractivity contribution in [2.24, 2.45) is 0 Å². The third-order valence-electron chi connectivity index (χ3n) is 6.21. The third kappa shape index (κ3) is 6.85. The summed E-state index contributed by atoms with van der Waals surface area (Å²) in [7, 11) is 0. The van der Waals surface area contributed by atoms with Gasteiger partial charge in [0.05, 0.1) is 6.61 Å². The molecule has 4 rings (SSSR count). The number of aliphatic hydroxyl groups excluding tert-OH is 2. The molecule has 11 heteroatoms. The molecule has 3 aromatic rings. The van der Waals surface area contributed by atoms with Crippen molar-refractivity contribution in [2.75, 3.05) is 31.7 Å². The second-order valence-electron chi connectivity index (χ2n) is 9.06. The first-order valence-electron chi connectivity index (χ1n) is 12.1. The van der Waals surface area contributed by atoms with Crippen molar-refractivity contribution in [3.63, 3.8) is 0 Å². The summed E-state index contributed by atoms with van der Waals surface area (Å²) in [5, 5.41) is 21.5. The van der Waals surface area contributed by atoms with E-state index in [1.807, 2.05) is 13.0 Å². The maximum Gasteiger partial charge on any atom is 0.433 e. The van der Waals surface area contributed by atoms with Crippen LogP contribution in [0.3, 0.4) is 0 Å². The molecule has 3 heterocycles. The second-order valence-corrected chi connectivity index (χ2v) is 9.06. The van der Waals surface area contributed by atoms with Crippen LogP contribution in [0.25, 0.3) is 11.1 Å². The van der Waals surface area contributed by atoms with Crippen molar-refractivity contribution in [2.45, 2.75) is 38.0 Å². The molecule has 1 fully saturated rings. The van der Waals surface area contributed by atoms with E-state index in [1.54, 1.807) is 24.3 Å². The molecule has 1 atom stereocenters. The normalized spacial score (nSPS) is 15.2. The number of rotatable bonds is 8. The number of hydrogen-bond acceptors (Lipinski definition) is 7. The van der Waals surface area contributed by atoms with Gasteiger partial charge in [0.15, 0.2) is 0 Å². The molecule has 0 spiro atoms. The highest BCUT2D eigenvalue weighted by atomic mass is 19.4. The zero-order chi connectivity index (χ0) is 27.3. The van der Waals surface area contributed by atoms with Crippen molar-refractivity contribution >= 4 is 11.6 Å². The number of anilines is 1. The van der Waals surface area contributed by atoms with E-state index in [0.29, 0.717) is 25.0 Å². The van der Waals surface area contributed by atoms with E-state index in [4.69, 9.17) is 14.6 Å². The minimum atomic E-state index is -4.66. The van der Waals surface area contributed by atoms with Crippen LogP contribution in [0.4, 0.5) is 18.9 Å². The molecule has 1 amide bonds. The summed E-state index contributed by atoms with van der Waals surface area (Å²) in [6, 6.07) is 10.8. The Morgan fingerprint density at radius 3 is 2.66 bits per heavy atom. The Bertz CT molecular complexity index is 1280. The largest absolute Gasteiger partial charge is 0.475 e. The molecule has 0 radical (unpaired) electrons. The molecule has 0 saturated carbocycles. The topological polar surface area (TPSA) is 114 Å². The van der Waals surface area contributed by atoms with Gasteiger partial charge < -0.3 is 25.0 Å². The Morgan fingerprint density at radius 1 is 1.18 bits per heavy atom. The number of benzene rings is 1. The van der Waals surface area contributed by atoms with Gasteiger partial charge in [0, 0.05) is 48.3 Å². The average molecular weight is 532 g/mol. The average Bonchev–Trinajstić information content (AvgIpc) is 2.92. The first-order chi connectivity index (χ1) is 18.1. The van der Waals surface area contributed by atoms with Crippen molar-refractivity contribution in [3.8, 4) is 17.0 Å². The molecular formula is C27H28F3N3O5. The minimum Gasteiger partial charge on any atom is -0.475 e. The fraction of sp³-hybridized carbons (Fsp3) is 0.370. The molecule has 1 aliphatic heterocycles. The van der Waals surface area contributed by atoms with Gasteiger partial charge in [-0.05, 0) is 66.8 Å². The lowest BCUT2D eigenvalue weighted by molar-refractivity contribution is -0.141. The van der Waals surface area contributed by atoms with Gasteiger partial charge in [-0.2, -0.15) is 13.2 Å². The number of carbonyl (C=O) groups excluding carboxylic acids is 1. The minimum absolute atomic E-state index is 0.138. The van der Waals surface area contributed by atoms with Gasteiger partial charge in [-0.25, -0.2) is 4.98 Å². The summed E-state index contributed by atoms with van der Waals surface area (Å²) < 4.78 is 50.2. The molecule has 0 aliphatic carbocycles. The molecule has 8 nitrogen and oxygen atoms in total. The summed E-state index contributed by atoms with van der Waals surface area (Å²) in [5.74, 6) is -0.277. The van der Waals surface area contributed by atoms with E-state index in [9.17, 15) is 23.1 Å². The number of carbonyl (C=O) groups is 1. The number of nitrogens with zero attached hydrogens (tertiary/aromatic N) is 2. The van der Waals surface area contributed by atoms with Crippen LogP contribution < -0.4 is 10.1 Å². The highest BCUT2D eigenvalue weighted by Crippen LogP contribution is 2.34. The lowest BCUT2D eigenvalue weighted by atomic mass is 9.92. The maximum absolute atomic E-state index is 13.0. The number of ether oxygens (including phenoxy) is 2. The predicted molar refractivity (Wildman–Crippen MR) is 133 cm³/mol. The Hall–Kier alpha value is -3.54. The third-order valence-corrected chi connectivity index (χ3v) is 6.21. The SMILES string of the molecule is Cc1ccc(NC(=O)c2ccnc(C(F)(F)F)c2)cc1-c1cc(OC[C@@H](O)CO)nc(C2CCOCC2)c1. The Morgan fingerprint density at radius 2 is 1.95 bits per heavy atom. The standard InChI is InChI=1S/C27H28F3N3O5/c1-16-2-3-20(32-26(36)18-4-7-31-24(11-18)27(28,29)30)13-22(16)19-10-23(17-5-8-37-9-6-17)33-25(12-19)38-15-21(35)14-34/h2-4,7,10-13,17,21,34-35H,5-6,8-9,14-15H2,1H3,(H,32,36)/t21-/m0/s1. The molecule has 2 aromatic heterocycles. The van der Waals surface area contributed by atoms with Crippen LogP contribution in [-0.2, 0) is 10.9 Å². The van der Waals surface area contributed by atoms with Crippen LogP contribution in [0.2, 0.25) is 0 Å². The summed E-state index contributed by atoms with van der Waals surface area (Å²) >= 11 is 0. The van der Waals surface area contributed by atoms with Crippen LogP contribution in [-0.4, -0.2) is 58.6 Å². The zero-order valence-electron chi connectivity index (χ0n) is 20.7. The van der Waals surface area contributed by atoms with Gasteiger partial charge in [-0.15, -0.1) is 0 Å². The van der Waals surface area contributed by atoms with Gasteiger partial charge in [-0.1, -0.05) is 6.07 Å². The summed E-state index contributed by atoms with van der Waals surface area (Å²) in [4.78, 5) is 20.6. The fourth-order valence-corrected chi connectivity index (χ4v) is 4.13. The molecule has 1 aliphatic rings. The van der Waals surface area contributed by atoms with Crippen LogP contribution in [0, 0.1) is 6.92 Å². The smallest absolute Gasteiger partial charge is 0.433 e. The van der Waals surface area contributed by atoms with Crippen LogP contribution in [0.5, 0.6) is 5.88 Å². The summed E-state index contributed by atoms with van der Waals surface area (Å²) in [5.41, 5.74) is 2.28. The predicted octanol–water partition coefficient (Wildman–Crippen LogP) is 4.35. The van der Waals surface area contributed by atoms with Crippen molar-refractivity contribution < 1.29 is 37.7 Å². The summed E-state index contributed by atoms with van der Waals surface area (Å²) in [6.45, 7) is 2.53. The number of pyridine rings is 2. The molecule has 202 valence electrons. The lowest BCUT2D eigenvalue weighted by Crippen LogP contribution is -2.22. The van der Waals surface area contributed by atoms with E-state index < -0.39 is 30.5 Å². The molecule has 38 heavy (non-hydrogen) atoms. The van der Waals surface area contributed by atoms with Gasteiger partial charge in [0.1, 0.15) is 18.4 Å². The van der Waals surface area contributed by atoms with Gasteiger partial charge in [0.25, 0.3) is 5.91 Å². The van der Waals surface area contributed by atoms with Crippen LogP contribution in [0.1, 0.15) is 46.1 Å². The van der Waals surface area contributed by atoms with Gasteiger partial charge >= 0.3 is 6.18 Å². The van der Waals surface area contributed by atoms with Crippen molar-refractivity contribution in [3.05, 3.63) is 71.2 Å². The molecule has 1 aromatic carbocycles. The number of nitrogens with one attached hydrogen (secondary N) is 1. The highest BCUT2D eigenvalue weighted by molar-refractivity contribution is 6.04. The Labute approximate surface area is 217 Å². The van der Waals surface area contributed by atoms with Crippen molar-refractivity contribution in [1.29, 1.82) is 0 Å². The Balaban J connectivity index is 1.64. The lowest BCUT2D eigenvalue weighted by Gasteiger charge is -2.23. The van der Waals surface area contributed by atoms with E-state index in [-0.39, 0.29) is 24.0 Å². The highest BCUT2D eigenvalue weighted by Gasteiger charge is 2.33. The Kier molecular flexibility index (Phi) is 8.60. The molecular weight excluding hydrogens is 503 g/mol. The number of aliphatic hydroxyl groups is 2. The van der Waals surface area contributed by atoms with Crippen LogP contribution >= 0.6 is 0 Å². The van der Waals surface area contributed by atoms with Crippen LogP contribution in [0.15, 0.2) is 48.7 Å². The van der Waals surface area contributed by atoms with Gasteiger partial charge in [0.2, 0.25) is 5.88 Å². The number of aromatic nitrogens is 2. The maximum atomic E-state index is 13.0. The molecule has 1 saturated heterocycles. The van der Waals surface area contributed by atoms with Gasteiger partial charge in [-0.3, -0.25) is 9.78 Å². The summed E-state index contributed by atoms with van der Waals surface area (Å²) in [6.07, 6.45) is -3.20. The number of halogens is 3. The zero-order valence-corrected chi connectivity index (χ0v) is 20.7. The molecule has 0 bridgehead atoms. The quantitative estimate of drug-likeness (QED) is 0.396. The number of aryl methyl sites for hydroxylation is 1. The van der Waals surface area contributed by atoms with E-state index in [1.165, 1.54) is 6.07 Å². The first kappa shape index (κ1) is 27.5. The van der Waals surface area contributed by atoms with Crippen molar-refractivity contribution in [1.82, 2.24) is 9.97 Å². The molecule has 3 N–H and O–H groups in total.